The number of anilines is 1. The predicted octanol–water partition coefficient (Wildman–Crippen LogP) is 3.78. The van der Waals surface area contributed by atoms with Gasteiger partial charge in [-0.15, -0.1) is 0 Å². The van der Waals surface area contributed by atoms with E-state index in [0.717, 1.165) is 12.2 Å². The summed E-state index contributed by atoms with van der Waals surface area (Å²) in [5.41, 5.74) is 0.0679. The molecule has 0 aliphatic carbocycles. The predicted molar refractivity (Wildman–Crippen MR) is 95.4 cm³/mol. The van der Waals surface area contributed by atoms with E-state index in [9.17, 15) is 9.59 Å². The van der Waals surface area contributed by atoms with Gasteiger partial charge in [0.25, 0.3) is 0 Å². The Morgan fingerprint density at radius 2 is 2.00 bits per heavy atom. The standard InChI is InChI=1S/C18H29N3O3/c1-6-13(2)21-16-10-9-14(12-20-16)15(22)8-7-11-19-17(23)24-18(3,4)5/h9-10,12-13H,6-8,11H2,1-5H3,(H,19,23)(H,20,21)/t13-/m0/s1. The van der Waals surface area contributed by atoms with Gasteiger partial charge in [0.2, 0.25) is 0 Å². The lowest BCUT2D eigenvalue weighted by Gasteiger charge is -2.19. The number of ketones is 1. The molecule has 1 aromatic heterocycles. The van der Waals surface area contributed by atoms with E-state index in [2.05, 4.69) is 29.5 Å². The molecule has 0 radical (unpaired) electrons. The van der Waals surface area contributed by atoms with E-state index in [4.69, 9.17) is 4.74 Å². The van der Waals surface area contributed by atoms with Crippen molar-refractivity contribution in [3.8, 4) is 0 Å². The number of amides is 1. The van der Waals surface area contributed by atoms with Gasteiger partial charge in [-0.25, -0.2) is 9.78 Å². The highest BCUT2D eigenvalue weighted by molar-refractivity contribution is 5.95. The Kier molecular flexibility index (Phi) is 7.68. The summed E-state index contributed by atoms with van der Waals surface area (Å²) in [4.78, 5) is 27.9. The Labute approximate surface area is 144 Å². The number of nitrogens with one attached hydrogen (secondary N) is 2. The van der Waals surface area contributed by atoms with E-state index < -0.39 is 11.7 Å². The molecule has 24 heavy (non-hydrogen) atoms. The lowest BCUT2D eigenvalue weighted by atomic mass is 10.1. The minimum atomic E-state index is -0.517. The van der Waals surface area contributed by atoms with Crippen molar-refractivity contribution in [1.82, 2.24) is 10.3 Å². The number of Topliss-reactive ketones (excluding diaryl/α,β-unsaturated/α-hetero) is 1. The fraction of sp³-hybridized carbons (Fsp3) is 0.611. The van der Waals surface area contributed by atoms with Crippen LogP contribution in [0.25, 0.3) is 0 Å². The molecule has 2 N–H and O–H groups in total. The monoisotopic (exact) mass is 335 g/mol. The van der Waals surface area contributed by atoms with Crippen LogP contribution in [0.1, 0.15) is 64.2 Å². The van der Waals surface area contributed by atoms with Crippen LogP contribution in [-0.4, -0.2) is 35.0 Å². The Hall–Kier alpha value is -2.11. The van der Waals surface area contributed by atoms with Crippen LogP contribution in [0.3, 0.4) is 0 Å². The van der Waals surface area contributed by atoms with Gasteiger partial charge in [0.1, 0.15) is 11.4 Å². The molecule has 0 bridgehead atoms. The van der Waals surface area contributed by atoms with Gasteiger partial charge in [-0.1, -0.05) is 6.92 Å². The summed E-state index contributed by atoms with van der Waals surface area (Å²) in [6.45, 7) is 10.0. The molecular formula is C18H29N3O3. The molecule has 0 aromatic carbocycles. The molecule has 1 aromatic rings. The third kappa shape index (κ3) is 7.94. The maximum Gasteiger partial charge on any atom is 0.407 e. The summed E-state index contributed by atoms with van der Waals surface area (Å²) in [6.07, 6.45) is 3.05. The second-order valence-corrected chi connectivity index (χ2v) is 6.84. The number of carbonyl (C=O) groups is 2. The molecule has 134 valence electrons. The number of hydrogen-bond donors (Lipinski definition) is 2. The number of nitrogens with zero attached hydrogens (tertiary/aromatic N) is 1. The number of rotatable bonds is 8. The first-order valence-electron chi connectivity index (χ1n) is 8.44. The van der Waals surface area contributed by atoms with Gasteiger partial charge >= 0.3 is 6.09 Å². The van der Waals surface area contributed by atoms with Crippen LogP contribution < -0.4 is 10.6 Å². The van der Waals surface area contributed by atoms with Crippen LogP contribution in [-0.2, 0) is 4.74 Å². The summed E-state index contributed by atoms with van der Waals surface area (Å²) in [7, 11) is 0. The molecule has 6 nitrogen and oxygen atoms in total. The molecule has 0 spiro atoms. The van der Waals surface area contributed by atoms with Gasteiger partial charge in [-0.3, -0.25) is 4.79 Å². The van der Waals surface area contributed by atoms with Crippen LogP contribution >= 0.6 is 0 Å². The van der Waals surface area contributed by atoms with Gasteiger partial charge in [0, 0.05) is 30.8 Å². The van der Waals surface area contributed by atoms with Crippen molar-refractivity contribution in [3.63, 3.8) is 0 Å². The van der Waals surface area contributed by atoms with E-state index in [1.165, 1.54) is 0 Å². The highest BCUT2D eigenvalue weighted by Crippen LogP contribution is 2.10. The molecule has 1 amide bonds. The second-order valence-electron chi connectivity index (χ2n) is 6.84. The average Bonchev–Trinajstić information content (AvgIpc) is 2.50. The first-order chi connectivity index (χ1) is 11.2. The average molecular weight is 335 g/mol. The van der Waals surface area contributed by atoms with E-state index in [1.807, 2.05) is 26.8 Å². The Bertz CT molecular complexity index is 535. The molecule has 1 rings (SSSR count). The van der Waals surface area contributed by atoms with Crippen LogP contribution in [0.2, 0.25) is 0 Å². The fourth-order valence-corrected chi connectivity index (χ4v) is 1.90. The highest BCUT2D eigenvalue weighted by atomic mass is 16.6. The van der Waals surface area contributed by atoms with Crippen molar-refractivity contribution in [2.24, 2.45) is 0 Å². The first-order valence-corrected chi connectivity index (χ1v) is 8.44. The van der Waals surface area contributed by atoms with Gasteiger partial charge in [0.05, 0.1) is 0 Å². The Morgan fingerprint density at radius 3 is 2.54 bits per heavy atom. The minimum absolute atomic E-state index is 0.0172. The largest absolute Gasteiger partial charge is 0.444 e. The third-order valence-corrected chi connectivity index (χ3v) is 3.34. The van der Waals surface area contributed by atoms with Gasteiger partial charge in [-0.2, -0.15) is 0 Å². The lowest BCUT2D eigenvalue weighted by Crippen LogP contribution is -2.33. The van der Waals surface area contributed by atoms with Crippen molar-refractivity contribution >= 4 is 17.7 Å². The van der Waals surface area contributed by atoms with E-state index >= 15 is 0 Å². The van der Waals surface area contributed by atoms with Gasteiger partial charge in [-0.05, 0) is 52.7 Å². The van der Waals surface area contributed by atoms with Gasteiger partial charge < -0.3 is 15.4 Å². The summed E-state index contributed by atoms with van der Waals surface area (Å²) >= 11 is 0. The number of ether oxygens (including phenoxy) is 1. The zero-order valence-electron chi connectivity index (χ0n) is 15.3. The molecule has 0 saturated heterocycles. The zero-order valence-corrected chi connectivity index (χ0v) is 15.3. The fourth-order valence-electron chi connectivity index (χ4n) is 1.90. The summed E-state index contributed by atoms with van der Waals surface area (Å²) < 4.78 is 5.13. The van der Waals surface area contributed by atoms with Crippen LogP contribution in [0, 0.1) is 0 Å². The first kappa shape index (κ1) is 19.9. The smallest absolute Gasteiger partial charge is 0.407 e. The molecule has 0 saturated carbocycles. The van der Waals surface area contributed by atoms with E-state index in [-0.39, 0.29) is 5.78 Å². The molecule has 6 heteroatoms. The van der Waals surface area contributed by atoms with Gasteiger partial charge in [0.15, 0.2) is 5.78 Å². The second kappa shape index (κ2) is 9.25. The summed E-state index contributed by atoms with van der Waals surface area (Å²) in [5, 5.41) is 5.90. The van der Waals surface area contributed by atoms with E-state index in [1.54, 1.807) is 12.3 Å². The Morgan fingerprint density at radius 1 is 1.29 bits per heavy atom. The molecular weight excluding hydrogens is 306 g/mol. The van der Waals surface area contributed by atoms with Crippen LogP contribution in [0.15, 0.2) is 18.3 Å². The highest BCUT2D eigenvalue weighted by Gasteiger charge is 2.15. The zero-order chi connectivity index (χ0) is 18.2. The van der Waals surface area contributed by atoms with Crippen molar-refractivity contribution in [1.29, 1.82) is 0 Å². The summed E-state index contributed by atoms with van der Waals surface area (Å²) in [6, 6.07) is 3.94. The van der Waals surface area contributed by atoms with E-state index in [0.29, 0.717) is 31.0 Å². The molecule has 0 unspecified atom stereocenters. The van der Waals surface area contributed by atoms with Crippen LogP contribution in [0.4, 0.5) is 10.6 Å². The molecule has 1 heterocycles. The molecule has 0 fully saturated rings. The normalized spacial score (nSPS) is 12.4. The molecule has 0 aliphatic rings. The third-order valence-electron chi connectivity index (χ3n) is 3.34. The quantitative estimate of drug-likeness (QED) is 0.558. The number of pyridine rings is 1. The van der Waals surface area contributed by atoms with Crippen molar-refractivity contribution in [2.45, 2.75) is 65.5 Å². The number of alkyl carbamates (subject to hydrolysis) is 1. The van der Waals surface area contributed by atoms with Crippen molar-refractivity contribution < 1.29 is 14.3 Å². The number of carbonyl (C=O) groups excluding carboxylic acids is 2. The topological polar surface area (TPSA) is 80.3 Å². The Balaban J connectivity index is 2.34. The SMILES string of the molecule is CC[C@H](C)Nc1ccc(C(=O)CCCNC(=O)OC(C)(C)C)cn1. The lowest BCUT2D eigenvalue weighted by molar-refractivity contribution is 0.0525. The number of aromatic nitrogens is 1. The number of hydrogen-bond acceptors (Lipinski definition) is 5. The van der Waals surface area contributed by atoms with Crippen molar-refractivity contribution in [2.75, 3.05) is 11.9 Å². The molecule has 0 aliphatic heterocycles. The summed E-state index contributed by atoms with van der Waals surface area (Å²) in [5.74, 6) is 0.788. The maximum absolute atomic E-state index is 12.1. The van der Waals surface area contributed by atoms with Crippen LogP contribution in [0.5, 0.6) is 0 Å². The maximum atomic E-state index is 12.1. The minimum Gasteiger partial charge on any atom is -0.444 e. The van der Waals surface area contributed by atoms with Crippen molar-refractivity contribution in [3.05, 3.63) is 23.9 Å². The molecule has 1 atom stereocenters.